The minimum absolute atomic E-state index is 0.0459. The Hall–Kier alpha value is -1.65. The van der Waals surface area contributed by atoms with Gasteiger partial charge in [0.2, 0.25) is 5.91 Å². The first-order valence-corrected chi connectivity index (χ1v) is 9.96. The lowest BCUT2D eigenvalue weighted by Crippen LogP contribution is -2.30. The van der Waals surface area contributed by atoms with Gasteiger partial charge < -0.3 is 10.1 Å². The quantitative estimate of drug-likeness (QED) is 0.769. The number of benzene rings is 2. The molecule has 0 bridgehead atoms. The average Bonchev–Trinajstić information content (AvgIpc) is 2.62. The van der Waals surface area contributed by atoms with Crippen molar-refractivity contribution in [2.75, 3.05) is 12.4 Å². The number of halogens is 1. The number of carbonyl (C=O) groups is 1. The predicted octanol–water partition coefficient (Wildman–Crippen LogP) is 5.02. The molecule has 1 unspecified atom stereocenters. The molecule has 0 aliphatic carbocycles. The second-order valence-corrected chi connectivity index (χ2v) is 7.55. The van der Waals surface area contributed by atoms with Crippen LogP contribution in [0.2, 0.25) is 5.02 Å². The summed E-state index contributed by atoms with van der Waals surface area (Å²) in [5, 5.41) is 3.89. The van der Waals surface area contributed by atoms with Gasteiger partial charge in [-0.15, -0.1) is 11.8 Å². The van der Waals surface area contributed by atoms with Crippen LogP contribution in [0, 0.1) is 0 Å². The van der Waals surface area contributed by atoms with Crippen molar-refractivity contribution in [1.82, 2.24) is 5.32 Å². The molecule has 5 heteroatoms. The van der Waals surface area contributed by atoms with Gasteiger partial charge in [0, 0.05) is 22.1 Å². The molecule has 0 fully saturated rings. The van der Waals surface area contributed by atoms with Crippen LogP contribution in [0.3, 0.4) is 0 Å². The lowest BCUT2D eigenvalue weighted by atomic mass is 10.0. The Labute approximate surface area is 158 Å². The lowest BCUT2D eigenvalue weighted by molar-refractivity contribution is -0.121. The van der Waals surface area contributed by atoms with Crippen molar-refractivity contribution >= 4 is 29.3 Å². The fourth-order valence-electron chi connectivity index (χ4n) is 3.04. The van der Waals surface area contributed by atoms with Gasteiger partial charge in [0.1, 0.15) is 5.75 Å². The Bertz CT molecular complexity index is 750. The summed E-state index contributed by atoms with van der Waals surface area (Å²) >= 11 is 7.95. The predicted molar refractivity (Wildman–Crippen MR) is 104 cm³/mol. The largest absolute Gasteiger partial charge is 0.494 e. The van der Waals surface area contributed by atoms with Crippen LogP contribution >= 0.6 is 23.4 Å². The molecule has 25 heavy (non-hydrogen) atoms. The minimum atomic E-state index is 0.0459. The number of carbonyl (C=O) groups excluding carboxylic acids is 1. The molecule has 1 N–H and O–H groups in total. The van der Waals surface area contributed by atoms with Crippen molar-refractivity contribution < 1.29 is 9.53 Å². The maximum Gasteiger partial charge on any atom is 0.220 e. The fourth-order valence-corrected chi connectivity index (χ4v) is 4.32. The van der Waals surface area contributed by atoms with Gasteiger partial charge in [-0.1, -0.05) is 29.8 Å². The van der Waals surface area contributed by atoms with Gasteiger partial charge in [-0.05, 0) is 55.2 Å². The van der Waals surface area contributed by atoms with E-state index >= 15 is 0 Å². The SMILES string of the molecule is CCOc1ccccc1CCC(=O)NC1CCSc2ccc(Cl)cc21. The molecule has 0 saturated heterocycles. The first-order valence-electron chi connectivity index (χ1n) is 8.59. The molecular weight excluding hydrogens is 354 g/mol. The topological polar surface area (TPSA) is 38.3 Å². The third-order valence-electron chi connectivity index (χ3n) is 4.24. The summed E-state index contributed by atoms with van der Waals surface area (Å²) in [6.45, 7) is 2.59. The van der Waals surface area contributed by atoms with Gasteiger partial charge in [-0.2, -0.15) is 0 Å². The zero-order chi connectivity index (χ0) is 17.6. The highest BCUT2D eigenvalue weighted by Crippen LogP contribution is 2.37. The van der Waals surface area contributed by atoms with Gasteiger partial charge in [-0.3, -0.25) is 4.79 Å². The monoisotopic (exact) mass is 375 g/mol. The normalized spacial score (nSPS) is 16.2. The minimum Gasteiger partial charge on any atom is -0.494 e. The van der Waals surface area contributed by atoms with Crippen LogP contribution in [-0.4, -0.2) is 18.3 Å². The number of rotatable bonds is 6. The molecule has 1 aliphatic rings. The highest BCUT2D eigenvalue weighted by molar-refractivity contribution is 7.99. The van der Waals surface area contributed by atoms with E-state index in [-0.39, 0.29) is 11.9 Å². The molecular formula is C20H22ClNO2S. The first kappa shape index (κ1) is 18.2. The van der Waals surface area contributed by atoms with Crippen molar-refractivity contribution in [3.63, 3.8) is 0 Å². The molecule has 2 aromatic carbocycles. The summed E-state index contributed by atoms with van der Waals surface area (Å²) < 4.78 is 5.63. The van der Waals surface area contributed by atoms with E-state index in [4.69, 9.17) is 16.3 Å². The van der Waals surface area contributed by atoms with Gasteiger partial charge >= 0.3 is 0 Å². The Balaban J connectivity index is 1.62. The highest BCUT2D eigenvalue weighted by Gasteiger charge is 2.22. The van der Waals surface area contributed by atoms with Crippen LogP contribution in [-0.2, 0) is 11.2 Å². The maximum atomic E-state index is 12.5. The summed E-state index contributed by atoms with van der Waals surface area (Å²) in [4.78, 5) is 13.7. The van der Waals surface area contributed by atoms with E-state index < -0.39 is 0 Å². The van der Waals surface area contributed by atoms with Crippen molar-refractivity contribution in [3.05, 3.63) is 58.6 Å². The molecule has 0 radical (unpaired) electrons. The second-order valence-electron chi connectivity index (χ2n) is 5.98. The molecule has 0 saturated carbocycles. The summed E-state index contributed by atoms with van der Waals surface area (Å²) in [6.07, 6.45) is 2.05. The summed E-state index contributed by atoms with van der Waals surface area (Å²) in [6, 6.07) is 13.9. The number of ether oxygens (including phenoxy) is 1. The maximum absolute atomic E-state index is 12.5. The van der Waals surface area contributed by atoms with Crippen LogP contribution in [0.25, 0.3) is 0 Å². The molecule has 1 aliphatic heterocycles. The molecule has 2 aromatic rings. The Kier molecular flexibility index (Phi) is 6.27. The van der Waals surface area contributed by atoms with E-state index in [1.165, 1.54) is 4.90 Å². The number of nitrogens with one attached hydrogen (secondary N) is 1. The zero-order valence-corrected chi connectivity index (χ0v) is 15.8. The number of aryl methyl sites for hydroxylation is 1. The van der Waals surface area contributed by atoms with Crippen molar-refractivity contribution in [3.8, 4) is 5.75 Å². The van der Waals surface area contributed by atoms with Crippen LogP contribution < -0.4 is 10.1 Å². The molecule has 1 heterocycles. The van der Waals surface area contributed by atoms with Crippen LogP contribution in [0.5, 0.6) is 5.75 Å². The lowest BCUT2D eigenvalue weighted by Gasteiger charge is -2.26. The van der Waals surface area contributed by atoms with Gasteiger partial charge in [0.25, 0.3) is 0 Å². The molecule has 1 atom stereocenters. The van der Waals surface area contributed by atoms with Crippen molar-refractivity contribution in [2.45, 2.75) is 37.1 Å². The number of hydrogen-bond acceptors (Lipinski definition) is 3. The fraction of sp³-hybridized carbons (Fsp3) is 0.350. The average molecular weight is 376 g/mol. The van der Waals surface area contributed by atoms with Crippen LogP contribution in [0.15, 0.2) is 47.4 Å². The third-order valence-corrected chi connectivity index (χ3v) is 5.60. The molecule has 0 spiro atoms. The van der Waals surface area contributed by atoms with E-state index in [2.05, 4.69) is 5.32 Å². The zero-order valence-electron chi connectivity index (χ0n) is 14.3. The molecule has 3 nitrogen and oxygen atoms in total. The van der Waals surface area contributed by atoms with E-state index in [1.54, 1.807) is 0 Å². The summed E-state index contributed by atoms with van der Waals surface area (Å²) in [5.74, 6) is 1.94. The highest BCUT2D eigenvalue weighted by atomic mass is 35.5. The number of hydrogen-bond donors (Lipinski definition) is 1. The molecule has 132 valence electrons. The first-order chi connectivity index (χ1) is 12.2. The Morgan fingerprint density at radius 2 is 2.16 bits per heavy atom. The van der Waals surface area contributed by atoms with E-state index in [1.807, 2.05) is 61.2 Å². The molecule has 1 amide bonds. The standard InChI is InChI=1S/C20H22ClNO2S/c1-2-24-18-6-4-3-5-14(18)7-10-20(23)22-17-11-12-25-19-9-8-15(21)13-16(17)19/h3-6,8-9,13,17H,2,7,10-12H2,1H3,(H,22,23). The second kappa shape index (κ2) is 8.63. The molecule has 3 rings (SSSR count). The van der Waals surface area contributed by atoms with Crippen LogP contribution in [0.4, 0.5) is 0 Å². The van der Waals surface area contributed by atoms with Gasteiger partial charge in [0.05, 0.1) is 12.6 Å². The number of para-hydroxylation sites is 1. The number of amides is 1. The molecule has 0 aromatic heterocycles. The Morgan fingerprint density at radius 1 is 1.32 bits per heavy atom. The summed E-state index contributed by atoms with van der Waals surface area (Å²) in [7, 11) is 0. The third kappa shape index (κ3) is 4.71. The Morgan fingerprint density at radius 3 is 3.00 bits per heavy atom. The van der Waals surface area contributed by atoms with Gasteiger partial charge in [0.15, 0.2) is 0 Å². The van der Waals surface area contributed by atoms with Crippen LogP contribution in [0.1, 0.15) is 36.9 Å². The number of fused-ring (bicyclic) bond motifs is 1. The smallest absolute Gasteiger partial charge is 0.220 e. The van der Waals surface area contributed by atoms with E-state index in [9.17, 15) is 4.79 Å². The van der Waals surface area contributed by atoms with E-state index in [0.29, 0.717) is 24.5 Å². The van der Waals surface area contributed by atoms with Crippen molar-refractivity contribution in [1.29, 1.82) is 0 Å². The van der Waals surface area contributed by atoms with Gasteiger partial charge in [-0.25, -0.2) is 0 Å². The van der Waals surface area contributed by atoms with Crippen molar-refractivity contribution in [2.24, 2.45) is 0 Å². The summed E-state index contributed by atoms with van der Waals surface area (Å²) in [5.41, 5.74) is 2.20. The number of thioether (sulfide) groups is 1. The van der Waals surface area contributed by atoms with E-state index in [0.717, 1.165) is 29.1 Å².